The standard InChI is InChI=1S/C12H13BrFNO4/c1-2-19-12(18)10(15-6-16)11(17)7-3-4-9(14)8(13)5-7/h3-6,10-11,17H,2H2,1H3,(H,15,16). The molecule has 104 valence electrons. The molecule has 2 atom stereocenters. The van der Waals surface area contributed by atoms with Crippen LogP contribution < -0.4 is 5.32 Å². The molecule has 0 saturated carbocycles. The van der Waals surface area contributed by atoms with Crippen LogP contribution in [0.1, 0.15) is 18.6 Å². The number of halogens is 2. The van der Waals surface area contributed by atoms with E-state index in [-0.39, 0.29) is 16.6 Å². The highest BCUT2D eigenvalue weighted by Crippen LogP contribution is 2.23. The van der Waals surface area contributed by atoms with Gasteiger partial charge in [0.2, 0.25) is 6.41 Å². The number of hydrogen-bond donors (Lipinski definition) is 2. The number of hydrogen-bond acceptors (Lipinski definition) is 4. The number of rotatable bonds is 6. The van der Waals surface area contributed by atoms with Crippen molar-refractivity contribution in [3.05, 3.63) is 34.1 Å². The summed E-state index contributed by atoms with van der Waals surface area (Å²) in [5, 5.41) is 12.2. The molecule has 2 N–H and O–H groups in total. The second-order valence-electron chi connectivity index (χ2n) is 3.63. The Morgan fingerprint density at radius 1 is 1.63 bits per heavy atom. The van der Waals surface area contributed by atoms with Gasteiger partial charge in [-0.1, -0.05) is 6.07 Å². The third-order valence-electron chi connectivity index (χ3n) is 2.39. The van der Waals surface area contributed by atoms with Crippen LogP contribution in [0.25, 0.3) is 0 Å². The van der Waals surface area contributed by atoms with Crippen molar-refractivity contribution in [3.8, 4) is 0 Å². The highest BCUT2D eigenvalue weighted by molar-refractivity contribution is 9.10. The Morgan fingerprint density at radius 3 is 2.84 bits per heavy atom. The fraction of sp³-hybridized carbons (Fsp3) is 0.333. The first-order valence-corrected chi connectivity index (χ1v) is 6.29. The number of benzene rings is 1. The number of carbonyl (C=O) groups excluding carboxylic acids is 2. The van der Waals surface area contributed by atoms with Crippen LogP contribution in [-0.4, -0.2) is 30.1 Å². The van der Waals surface area contributed by atoms with E-state index in [1.54, 1.807) is 6.92 Å². The Hall–Kier alpha value is -1.47. The van der Waals surface area contributed by atoms with Gasteiger partial charge in [-0.05, 0) is 40.5 Å². The molecule has 0 fully saturated rings. The molecule has 1 aromatic rings. The molecule has 1 rings (SSSR count). The molecule has 0 saturated heterocycles. The van der Waals surface area contributed by atoms with E-state index in [9.17, 15) is 19.1 Å². The second kappa shape index (κ2) is 7.20. The molecule has 0 aromatic heterocycles. The lowest BCUT2D eigenvalue weighted by Crippen LogP contribution is -2.42. The number of carbonyl (C=O) groups is 2. The number of aliphatic hydroxyl groups excluding tert-OH is 1. The molecule has 7 heteroatoms. The van der Waals surface area contributed by atoms with Gasteiger partial charge in [0.1, 0.15) is 11.9 Å². The molecular weight excluding hydrogens is 321 g/mol. The predicted octanol–water partition coefficient (Wildman–Crippen LogP) is 1.30. The molecular formula is C12H13BrFNO4. The monoisotopic (exact) mass is 333 g/mol. The van der Waals surface area contributed by atoms with Crippen molar-refractivity contribution in [2.75, 3.05) is 6.61 Å². The topological polar surface area (TPSA) is 75.6 Å². The molecule has 0 aliphatic carbocycles. The molecule has 0 bridgehead atoms. The zero-order valence-electron chi connectivity index (χ0n) is 10.1. The summed E-state index contributed by atoms with van der Waals surface area (Å²) < 4.78 is 18.0. The van der Waals surface area contributed by atoms with Gasteiger partial charge in [-0.3, -0.25) is 4.79 Å². The summed E-state index contributed by atoms with van der Waals surface area (Å²) in [5.41, 5.74) is 0.278. The highest BCUT2D eigenvalue weighted by Gasteiger charge is 2.29. The normalized spacial score (nSPS) is 13.5. The van der Waals surface area contributed by atoms with Crippen LogP contribution in [0.2, 0.25) is 0 Å². The van der Waals surface area contributed by atoms with Crippen molar-refractivity contribution in [2.45, 2.75) is 19.1 Å². The van der Waals surface area contributed by atoms with Gasteiger partial charge in [0.15, 0.2) is 6.04 Å². The van der Waals surface area contributed by atoms with E-state index in [1.807, 2.05) is 0 Å². The zero-order chi connectivity index (χ0) is 14.4. The van der Waals surface area contributed by atoms with Crippen LogP contribution >= 0.6 is 15.9 Å². The molecule has 0 aliphatic heterocycles. The summed E-state index contributed by atoms with van der Waals surface area (Å²) in [5.74, 6) is -1.26. The number of nitrogens with one attached hydrogen (secondary N) is 1. The van der Waals surface area contributed by atoms with Crippen molar-refractivity contribution < 1.29 is 23.8 Å². The van der Waals surface area contributed by atoms with Crippen LogP contribution in [0.5, 0.6) is 0 Å². The lowest BCUT2D eigenvalue weighted by atomic mass is 10.0. The third-order valence-corrected chi connectivity index (χ3v) is 3.00. The van der Waals surface area contributed by atoms with Crippen LogP contribution in [-0.2, 0) is 14.3 Å². The van der Waals surface area contributed by atoms with Gasteiger partial charge in [-0.25, -0.2) is 9.18 Å². The summed E-state index contributed by atoms with van der Waals surface area (Å²) in [4.78, 5) is 22.1. The van der Waals surface area contributed by atoms with E-state index in [0.717, 1.165) is 6.07 Å². The Kier molecular flexibility index (Phi) is 5.91. The van der Waals surface area contributed by atoms with Crippen molar-refractivity contribution in [1.82, 2.24) is 5.32 Å². The van der Waals surface area contributed by atoms with Gasteiger partial charge >= 0.3 is 5.97 Å². The Bertz CT molecular complexity index is 469. The van der Waals surface area contributed by atoms with Crippen molar-refractivity contribution in [2.24, 2.45) is 0 Å². The van der Waals surface area contributed by atoms with Crippen molar-refractivity contribution in [1.29, 1.82) is 0 Å². The first-order chi connectivity index (χ1) is 9.01. The van der Waals surface area contributed by atoms with Gasteiger partial charge in [0, 0.05) is 0 Å². The molecule has 5 nitrogen and oxygen atoms in total. The molecule has 0 aliphatic rings. The fourth-order valence-electron chi connectivity index (χ4n) is 1.48. The Labute approximate surface area is 117 Å². The quantitative estimate of drug-likeness (QED) is 0.607. The van der Waals surface area contributed by atoms with E-state index < -0.39 is 23.9 Å². The minimum atomic E-state index is -1.33. The first kappa shape index (κ1) is 15.6. The molecule has 0 radical (unpaired) electrons. The summed E-state index contributed by atoms with van der Waals surface area (Å²) in [6.45, 7) is 1.73. The molecule has 19 heavy (non-hydrogen) atoms. The summed E-state index contributed by atoms with van der Waals surface area (Å²) in [7, 11) is 0. The summed E-state index contributed by atoms with van der Waals surface area (Å²) in [6, 6.07) is 2.56. The maximum absolute atomic E-state index is 13.1. The minimum Gasteiger partial charge on any atom is -0.464 e. The van der Waals surface area contributed by atoms with E-state index >= 15 is 0 Å². The lowest BCUT2D eigenvalue weighted by molar-refractivity contribution is -0.149. The summed E-state index contributed by atoms with van der Waals surface area (Å²) >= 11 is 2.98. The number of ether oxygens (including phenoxy) is 1. The molecule has 1 aromatic carbocycles. The highest BCUT2D eigenvalue weighted by atomic mass is 79.9. The maximum atomic E-state index is 13.1. The average molecular weight is 334 g/mol. The van der Waals surface area contributed by atoms with Gasteiger partial charge in [0.25, 0.3) is 0 Å². The van der Waals surface area contributed by atoms with Crippen molar-refractivity contribution in [3.63, 3.8) is 0 Å². The first-order valence-electron chi connectivity index (χ1n) is 5.50. The van der Waals surface area contributed by atoms with E-state index in [0.29, 0.717) is 6.41 Å². The molecule has 1 amide bonds. The Balaban J connectivity index is 2.97. The van der Waals surface area contributed by atoms with Gasteiger partial charge in [-0.15, -0.1) is 0 Å². The van der Waals surface area contributed by atoms with E-state index in [1.165, 1.54) is 12.1 Å². The number of aliphatic hydroxyl groups is 1. The maximum Gasteiger partial charge on any atom is 0.331 e. The van der Waals surface area contributed by atoms with Crippen LogP contribution in [0.3, 0.4) is 0 Å². The van der Waals surface area contributed by atoms with Crippen LogP contribution in [0, 0.1) is 5.82 Å². The van der Waals surface area contributed by atoms with Gasteiger partial charge in [-0.2, -0.15) is 0 Å². The number of esters is 1. The lowest BCUT2D eigenvalue weighted by Gasteiger charge is -2.21. The molecule has 0 spiro atoms. The second-order valence-corrected chi connectivity index (χ2v) is 4.49. The minimum absolute atomic E-state index is 0.121. The van der Waals surface area contributed by atoms with Crippen molar-refractivity contribution >= 4 is 28.3 Å². The van der Waals surface area contributed by atoms with E-state index in [2.05, 4.69) is 21.2 Å². The van der Waals surface area contributed by atoms with Crippen LogP contribution in [0.15, 0.2) is 22.7 Å². The SMILES string of the molecule is CCOC(=O)C(NC=O)C(O)c1ccc(F)c(Br)c1. The predicted molar refractivity (Wildman–Crippen MR) is 68.7 cm³/mol. The molecule has 2 unspecified atom stereocenters. The van der Waals surface area contributed by atoms with Crippen LogP contribution in [0.4, 0.5) is 4.39 Å². The zero-order valence-corrected chi connectivity index (χ0v) is 11.7. The third kappa shape index (κ3) is 4.00. The molecule has 0 heterocycles. The smallest absolute Gasteiger partial charge is 0.331 e. The summed E-state index contributed by atoms with van der Waals surface area (Å²) in [6.07, 6.45) is -1.04. The van der Waals surface area contributed by atoms with Gasteiger partial charge < -0.3 is 15.2 Å². The Morgan fingerprint density at radius 2 is 2.32 bits per heavy atom. The fourth-order valence-corrected chi connectivity index (χ4v) is 1.88. The van der Waals surface area contributed by atoms with E-state index in [4.69, 9.17) is 4.74 Å². The van der Waals surface area contributed by atoms with Gasteiger partial charge in [0.05, 0.1) is 11.1 Å². The number of amides is 1. The largest absolute Gasteiger partial charge is 0.464 e. The average Bonchev–Trinajstić information content (AvgIpc) is 2.38.